The summed E-state index contributed by atoms with van der Waals surface area (Å²) in [7, 11) is 5.86. The zero-order chi connectivity index (χ0) is 25.2. The minimum atomic E-state index is 0.0810. The topological polar surface area (TPSA) is 71.6 Å². The van der Waals surface area contributed by atoms with Crippen molar-refractivity contribution in [2.45, 2.75) is 0 Å². The van der Waals surface area contributed by atoms with E-state index in [2.05, 4.69) is 48.9 Å². The maximum Gasteiger partial charge on any atom is 0.240 e. The van der Waals surface area contributed by atoms with Crippen LogP contribution in [0.5, 0.6) is 0 Å². The van der Waals surface area contributed by atoms with E-state index >= 15 is 0 Å². The summed E-state index contributed by atoms with van der Waals surface area (Å²) in [6.07, 6.45) is 1.67. The molecule has 9 heteroatoms. The number of piperazine rings is 1. The predicted molar refractivity (Wildman–Crippen MR) is 147 cm³/mol. The number of imidazole rings is 1. The Labute approximate surface area is 216 Å². The molecule has 1 N–H and O–H groups in total. The Morgan fingerprint density at radius 3 is 2.33 bits per heavy atom. The van der Waals surface area contributed by atoms with Gasteiger partial charge in [-0.05, 0) is 36.4 Å². The number of carbonyl (C=O) groups excluding carboxylic acids is 1. The first kappa shape index (κ1) is 24.1. The molecule has 1 amide bonds. The van der Waals surface area contributed by atoms with Gasteiger partial charge in [0.25, 0.3) is 0 Å². The van der Waals surface area contributed by atoms with E-state index in [-0.39, 0.29) is 5.91 Å². The summed E-state index contributed by atoms with van der Waals surface area (Å²) in [6.45, 7) is 3.43. The van der Waals surface area contributed by atoms with Crippen molar-refractivity contribution < 1.29 is 4.79 Å². The van der Waals surface area contributed by atoms with Crippen LogP contribution in [0.3, 0.4) is 0 Å². The molecule has 4 aromatic rings. The Balaban J connectivity index is 1.30. The SMILES string of the molecule is CN(C)c1ccc(-c2nc3ncc(Cl)c(N4CCN(CC(=O)N(C)c5ccccc5)CC4)c3[nH]2)cc1. The molecule has 2 aromatic carbocycles. The summed E-state index contributed by atoms with van der Waals surface area (Å²) in [5.74, 6) is 0.844. The van der Waals surface area contributed by atoms with Gasteiger partial charge in [-0.15, -0.1) is 0 Å². The van der Waals surface area contributed by atoms with Crippen molar-refractivity contribution in [2.24, 2.45) is 0 Å². The average Bonchev–Trinajstić information content (AvgIpc) is 3.33. The third-order valence-electron chi connectivity index (χ3n) is 6.67. The third-order valence-corrected chi connectivity index (χ3v) is 6.95. The largest absolute Gasteiger partial charge is 0.378 e. The van der Waals surface area contributed by atoms with Crippen molar-refractivity contribution >= 4 is 45.7 Å². The van der Waals surface area contributed by atoms with Gasteiger partial charge in [-0.25, -0.2) is 9.97 Å². The minimum Gasteiger partial charge on any atom is -0.378 e. The number of aromatic amines is 1. The second-order valence-electron chi connectivity index (χ2n) is 9.23. The van der Waals surface area contributed by atoms with Crippen LogP contribution in [-0.2, 0) is 4.79 Å². The number of para-hydroxylation sites is 1. The van der Waals surface area contributed by atoms with E-state index in [9.17, 15) is 4.79 Å². The average molecular weight is 504 g/mol. The summed E-state index contributed by atoms with van der Waals surface area (Å²) in [6, 6.07) is 18.0. The first-order valence-electron chi connectivity index (χ1n) is 12.0. The summed E-state index contributed by atoms with van der Waals surface area (Å²) in [5.41, 5.74) is 5.41. The number of H-pyrrole nitrogens is 1. The molecule has 0 atom stereocenters. The van der Waals surface area contributed by atoms with Crippen LogP contribution in [-0.4, -0.2) is 79.6 Å². The Morgan fingerprint density at radius 2 is 1.67 bits per heavy atom. The van der Waals surface area contributed by atoms with Gasteiger partial charge in [0.1, 0.15) is 11.3 Å². The number of benzene rings is 2. The fourth-order valence-electron chi connectivity index (χ4n) is 4.51. The number of hydrogen-bond donors (Lipinski definition) is 1. The van der Waals surface area contributed by atoms with Crippen LogP contribution in [0.15, 0.2) is 60.8 Å². The number of nitrogens with zero attached hydrogens (tertiary/aromatic N) is 6. The van der Waals surface area contributed by atoms with Crippen molar-refractivity contribution in [1.29, 1.82) is 0 Å². The number of aromatic nitrogens is 3. The van der Waals surface area contributed by atoms with Gasteiger partial charge in [0, 0.05) is 64.3 Å². The van der Waals surface area contributed by atoms with Gasteiger partial charge in [0.2, 0.25) is 5.91 Å². The predicted octanol–water partition coefficient (Wildman–Crippen LogP) is 4.13. The van der Waals surface area contributed by atoms with Crippen molar-refractivity contribution in [3.05, 3.63) is 65.8 Å². The van der Waals surface area contributed by atoms with Crippen LogP contribution in [0.25, 0.3) is 22.6 Å². The number of anilines is 3. The molecule has 8 nitrogen and oxygen atoms in total. The Morgan fingerprint density at radius 1 is 0.972 bits per heavy atom. The molecule has 36 heavy (non-hydrogen) atoms. The van der Waals surface area contributed by atoms with Crippen molar-refractivity contribution in [3.8, 4) is 11.4 Å². The number of hydrogen-bond acceptors (Lipinski definition) is 6. The zero-order valence-electron chi connectivity index (χ0n) is 20.8. The number of pyridine rings is 1. The van der Waals surface area contributed by atoms with E-state index in [0.29, 0.717) is 17.2 Å². The molecule has 1 aliphatic heterocycles. The molecule has 186 valence electrons. The second kappa shape index (κ2) is 10.2. The molecule has 0 radical (unpaired) electrons. The number of likely N-dealkylation sites (N-methyl/N-ethyl adjacent to an activating group) is 1. The van der Waals surface area contributed by atoms with Gasteiger partial charge < -0.3 is 19.7 Å². The fraction of sp³-hybridized carbons (Fsp3) is 0.296. The van der Waals surface area contributed by atoms with Crippen molar-refractivity contribution in [1.82, 2.24) is 19.9 Å². The lowest BCUT2D eigenvalue weighted by molar-refractivity contribution is -0.119. The minimum absolute atomic E-state index is 0.0810. The highest BCUT2D eigenvalue weighted by atomic mass is 35.5. The highest BCUT2D eigenvalue weighted by Gasteiger charge is 2.25. The van der Waals surface area contributed by atoms with E-state index in [1.54, 1.807) is 11.1 Å². The number of amides is 1. The van der Waals surface area contributed by atoms with E-state index < -0.39 is 0 Å². The maximum atomic E-state index is 12.8. The molecule has 2 aromatic heterocycles. The molecule has 3 heterocycles. The first-order valence-corrected chi connectivity index (χ1v) is 12.4. The number of carbonyl (C=O) groups is 1. The van der Waals surface area contributed by atoms with E-state index in [4.69, 9.17) is 16.6 Å². The van der Waals surface area contributed by atoms with E-state index in [1.165, 1.54) is 0 Å². The van der Waals surface area contributed by atoms with E-state index in [1.807, 2.05) is 51.5 Å². The standard InChI is InChI=1S/C27H30ClN7O/c1-32(2)20-11-9-19(10-12-20)26-30-24-25(22(28)17-29-27(24)31-26)35-15-13-34(14-16-35)18-23(36)33(3)21-7-5-4-6-8-21/h4-12,17H,13-16,18H2,1-3H3,(H,29,30,31). The Bertz CT molecular complexity index is 1350. The number of nitrogens with one attached hydrogen (secondary N) is 1. The lowest BCUT2D eigenvalue weighted by atomic mass is 10.2. The Hall–Kier alpha value is -3.62. The number of fused-ring (bicyclic) bond motifs is 1. The molecule has 1 saturated heterocycles. The van der Waals surface area contributed by atoms with Crippen LogP contribution in [0.2, 0.25) is 5.02 Å². The molecule has 0 unspecified atom stereocenters. The van der Waals surface area contributed by atoms with Gasteiger partial charge in [0.05, 0.1) is 23.5 Å². The lowest BCUT2D eigenvalue weighted by Crippen LogP contribution is -2.50. The van der Waals surface area contributed by atoms with Crippen LogP contribution in [0, 0.1) is 0 Å². The van der Waals surface area contributed by atoms with Crippen molar-refractivity contribution in [2.75, 3.05) is 68.6 Å². The molecule has 1 fully saturated rings. The second-order valence-corrected chi connectivity index (χ2v) is 9.64. The highest BCUT2D eigenvalue weighted by Crippen LogP contribution is 2.34. The number of halogens is 1. The zero-order valence-corrected chi connectivity index (χ0v) is 21.5. The van der Waals surface area contributed by atoms with Crippen LogP contribution < -0.4 is 14.7 Å². The molecule has 0 bridgehead atoms. The van der Waals surface area contributed by atoms with Gasteiger partial charge in [-0.3, -0.25) is 9.69 Å². The van der Waals surface area contributed by atoms with Gasteiger partial charge in [-0.1, -0.05) is 29.8 Å². The smallest absolute Gasteiger partial charge is 0.240 e. The van der Waals surface area contributed by atoms with E-state index in [0.717, 1.165) is 60.1 Å². The normalized spacial score (nSPS) is 14.3. The monoisotopic (exact) mass is 503 g/mol. The molecule has 0 saturated carbocycles. The summed E-state index contributed by atoms with van der Waals surface area (Å²) >= 11 is 6.65. The van der Waals surface area contributed by atoms with Gasteiger partial charge >= 0.3 is 0 Å². The summed E-state index contributed by atoms with van der Waals surface area (Å²) in [4.78, 5) is 33.7. The van der Waals surface area contributed by atoms with Crippen LogP contribution in [0.4, 0.5) is 17.1 Å². The number of rotatable bonds is 6. The molecule has 0 aliphatic carbocycles. The lowest BCUT2D eigenvalue weighted by Gasteiger charge is -2.36. The summed E-state index contributed by atoms with van der Waals surface area (Å²) in [5, 5.41) is 0.592. The maximum absolute atomic E-state index is 12.8. The highest BCUT2D eigenvalue weighted by molar-refractivity contribution is 6.34. The third kappa shape index (κ3) is 4.87. The molecule has 5 rings (SSSR count). The molecule has 0 spiro atoms. The fourth-order valence-corrected chi connectivity index (χ4v) is 4.77. The molecule has 1 aliphatic rings. The van der Waals surface area contributed by atoms with Gasteiger partial charge in [-0.2, -0.15) is 0 Å². The van der Waals surface area contributed by atoms with Crippen molar-refractivity contribution in [3.63, 3.8) is 0 Å². The summed E-state index contributed by atoms with van der Waals surface area (Å²) < 4.78 is 0. The quantitative estimate of drug-likeness (QED) is 0.426. The Kier molecular flexibility index (Phi) is 6.80. The molecular formula is C27H30ClN7O. The molecular weight excluding hydrogens is 474 g/mol. The van der Waals surface area contributed by atoms with Gasteiger partial charge in [0.15, 0.2) is 5.65 Å². The first-order chi connectivity index (χ1) is 17.4. The van der Waals surface area contributed by atoms with Crippen LogP contribution in [0.1, 0.15) is 0 Å². The van der Waals surface area contributed by atoms with Crippen LogP contribution >= 0.6 is 11.6 Å².